The fourth-order valence-electron chi connectivity index (χ4n) is 2.87. The van der Waals surface area contributed by atoms with Crippen molar-refractivity contribution >= 4 is 11.6 Å². The van der Waals surface area contributed by atoms with Crippen molar-refractivity contribution in [2.45, 2.75) is 24.1 Å². The molecule has 0 aliphatic carbocycles. The van der Waals surface area contributed by atoms with E-state index in [1.807, 2.05) is 0 Å². The lowest BCUT2D eigenvalue weighted by molar-refractivity contribution is -0.105. The Kier molecular flexibility index (Phi) is 4.38. The molecule has 4 atom stereocenters. The summed E-state index contributed by atoms with van der Waals surface area (Å²) in [6.07, 6.45) is -4.42. The number of aromatic nitrogens is 2. The van der Waals surface area contributed by atoms with E-state index in [0.29, 0.717) is 4.57 Å². The summed E-state index contributed by atoms with van der Waals surface area (Å²) in [6.45, 7) is -0.734. The van der Waals surface area contributed by atoms with Gasteiger partial charge in [-0.2, -0.15) is 4.98 Å². The maximum absolute atomic E-state index is 15.1. The maximum atomic E-state index is 15.1. The van der Waals surface area contributed by atoms with Gasteiger partial charge in [0.1, 0.15) is 18.0 Å². The Bertz CT molecular complexity index is 843. The fraction of sp³-hybridized carbons (Fsp3) is 0.312. The van der Waals surface area contributed by atoms with Crippen LogP contribution in [-0.2, 0) is 10.5 Å². The van der Waals surface area contributed by atoms with Crippen molar-refractivity contribution < 1.29 is 24.1 Å². The van der Waals surface area contributed by atoms with Gasteiger partial charge in [0.25, 0.3) is 0 Å². The number of carbonyl (C=O) groups excluding carboxylic acids is 1. The Balaban J connectivity index is 2.23. The normalized spacial score (nSPS) is 28.8. The lowest BCUT2D eigenvalue weighted by atomic mass is 9.94. The second-order valence-corrected chi connectivity index (χ2v) is 5.63. The number of halogens is 1. The molecule has 0 radical (unpaired) electrons. The summed E-state index contributed by atoms with van der Waals surface area (Å²) in [5.41, 5.74) is 2.00. The van der Waals surface area contributed by atoms with Crippen LogP contribution in [0, 0.1) is 0 Å². The lowest BCUT2D eigenvalue weighted by Crippen LogP contribution is -2.54. The molecule has 25 heavy (non-hydrogen) atoms. The third-order valence-electron chi connectivity index (χ3n) is 4.11. The standard InChI is InChI=1S/C16H16FN3O5/c17-13-12(22)10(8-21)25-16(13,14(23)9-4-2-1-3-5-9)20-7-6-11(18)19-15(20)24/h1-7,10,12-13,21-22H,8H2,(H2,18,19,24)/t10-,12-,13?,16+/m1/s1. The highest BCUT2D eigenvalue weighted by Gasteiger charge is 2.62. The van der Waals surface area contributed by atoms with Crippen LogP contribution < -0.4 is 11.4 Å². The molecule has 1 saturated heterocycles. The zero-order chi connectivity index (χ0) is 18.2. The predicted octanol–water partition coefficient (Wildman–Crippen LogP) is -0.549. The van der Waals surface area contributed by atoms with Crippen LogP contribution in [0.1, 0.15) is 10.4 Å². The van der Waals surface area contributed by atoms with E-state index in [4.69, 9.17) is 10.5 Å². The van der Waals surface area contributed by atoms with Gasteiger partial charge in [0, 0.05) is 11.8 Å². The van der Waals surface area contributed by atoms with Gasteiger partial charge in [-0.3, -0.25) is 9.36 Å². The molecule has 1 aliphatic rings. The third kappa shape index (κ3) is 2.62. The van der Waals surface area contributed by atoms with Crippen LogP contribution in [0.25, 0.3) is 0 Å². The molecular weight excluding hydrogens is 333 g/mol. The smallest absolute Gasteiger partial charge is 0.352 e. The van der Waals surface area contributed by atoms with E-state index in [9.17, 15) is 19.8 Å². The predicted molar refractivity (Wildman–Crippen MR) is 84.5 cm³/mol. The van der Waals surface area contributed by atoms with Crippen molar-refractivity contribution in [1.29, 1.82) is 0 Å². The van der Waals surface area contributed by atoms with Crippen LogP contribution in [0.3, 0.4) is 0 Å². The zero-order valence-electron chi connectivity index (χ0n) is 12.9. The minimum absolute atomic E-state index is 0.0691. The van der Waals surface area contributed by atoms with Crippen LogP contribution in [0.4, 0.5) is 10.2 Å². The summed E-state index contributed by atoms with van der Waals surface area (Å²) in [5.74, 6) is -1.000. The number of aliphatic hydroxyl groups is 2. The Morgan fingerprint density at radius 3 is 2.60 bits per heavy atom. The van der Waals surface area contributed by atoms with Crippen molar-refractivity contribution in [3.8, 4) is 0 Å². The van der Waals surface area contributed by atoms with Gasteiger partial charge in [-0.05, 0) is 6.07 Å². The number of carbonyl (C=O) groups is 1. The molecule has 0 saturated carbocycles. The molecule has 1 aromatic heterocycles. The number of hydrogen-bond acceptors (Lipinski definition) is 7. The summed E-state index contributed by atoms with van der Waals surface area (Å²) < 4.78 is 21.1. The number of rotatable bonds is 4. The average Bonchev–Trinajstić information content (AvgIpc) is 2.87. The van der Waals surface area contributed by atoms with Gasteiger partial charge < -0.3 is 20.7 Å². The van der Waals surface area contributed by atoms with Gasteiger partial charge in [0.2, 0.25) is 11.5 Å². The highest BCUT2D eigenvalue weighted by Crippen LogP contribution is 2.39. The molecule has 1 fully saturated rings. The zero-order valence-corrected chi connectivity index (χ0v) is 12.9. The van der Waals surface area contributed by atoms with Gasteiger partial charge in [-0.1, -0.05) is 30.3 Å². The van der Waals surface area contributed by atoms with E-state index in [0.717, 1.165) is 6.20 Å². The largest absolute Gasteiger partial charge is 0.394 e. The van der Waals surface area contributed by atoms with E-state index in [2.05, 4.69) is 4.98 Å². The first-order chi connectivity index (χ1) is 11.9. The SMILES string of the molecule is Nc1ccn([C@]2(C(=O)c3ccccc3)O[C@H](CO)[C@@H](O)C2F)c(=O)n1. The Morgan fingerprint density at radius 2 is 2.04 bits per heavy atom. The number of ether oxygens (including phenoxy) is 1. The topological polar surface area (TPSA) is 128 Å². The summed E-state index contributed by atoms with van der Waals surface area (Å²) >= 11 is 0. The minimum atomic E-state index is -2.49. The number of hydrogen-bond donors (Lipinski definition) is 3. The van der Waals surface area contributed by atoms with Gasteiger partial charge in [0.05, 0.1) is 6.61 Å². The number of aliphatic hydroxyl groups excluding tert-OH is 2. The molecule has 2 aromatic rings. The molecule has 0 bridgehead atoms. The van der Waals surface area contributed by atoms with E-state index < -0.39 is 42.2 Å². The number of nitrogen functional groups attached to an aromatic ring is 1. The van der Waals surface area contributed by atoms with E-state index in [1.54, 1.807) is 18.2 Å². The summed E-state index contributed by atoms with van der Waals surface area (Å²) in [5, 5.41) is 19.3. The van der Waals surface area contributed by atoms with Crippen molar-refractivity contribution in [3.05, 3.63) is 58.6 Å². The Labute approximate surface area is 141 Å². The van der Waals surface area contributed by atoms with Crippen LogP contribution in [-0.4, -0.2) is 50.5 Å². The second kappa shape index (κ2) is 6.36. The third-order valence-corrected chi connectivity index (χ3v) is 4.11. The Morgan fingerprint density at radius 1 is 1.36 bits per heavy atom. The molecule has 3 rings (SSSR count). The van der Waals surface area contributed by atoms with E-state index in [1.165, 1.54) is 18.2 Å². The molecule has 8 nitrogen and oxygen atoms in total. The van der Waals surface area contributed by atoms with E-state index >= 15 is 4.39 Å². The molecule has 2 heterocycles. The Hall–Kier alpha value is -2.62. The van der Waals surface area contributed by atoms with E-state index in [-0.39, 0.29) is 11.4 Å². The molecule has 132 valence electrons. The van der Waals surface area contributed by atoms with Crippen LogP contribution >= 0.6 is 0 Å². The molecule has 1 unspecified atom stereocenters. The first kappa shape index (κ1) is 17.2. The first-order valence-corrected chi connectivity index (χ1v) is 7.48. The molecule has 0 amide bonds. The highest BCUT2D eigenvalue weighted by atomic mass is 19.1. The lowest BCUT2D eigenvalue weighted by Gasteiger charge is -2.31. The van der Waals surface area contributed by atoms with Crippen molar-refractivity contribution in [2.24, 2.45) is 0 Å². The number of alkyl halides is 1. The minimum Gasteiger partial charge on any atom is -0.394 e. The molecular formula is C16H16FN3O5. The first-order valence-electron chi connectivity index (χ1n) is 7.48. The fourth-order valence-corrected chi connectivity index (χ4v) is 2.87. The number of nitrogens with two attached hydrogens (primary N) is 1. The summed E-state index contributed by atoms with van der Waals surface area (Å²) in [6, 6.07) is 8.84. The van der Waals surface area contributed by atoms with Crippen molar-refractivity contribution in [3.63, 3.8) is 0 Å². The molecule has 0 spiro atoms. The number of ketones is 1. The van der Waals surface area contributed by atoms with Gasteiger partial charge in [-0.15, -0.1) is 0 Å². The monoisotopic (exact) mass is 349 g/mol. The summed E-state index contributed by atoms with van der Waals surface area (Å²) in [7, 11) is 0. The number of nitrogens with zero attached hydrogens (tertiary/aromatic N) is 2. The second-order valence-electron chi connectivity index (χ2n) is 5.63. The molecule has 1 aliphatic heterocycles. The van der Waals surface area contributed by atoms with Crippen molar-refractivity contribution in [1.82, 2.24) is 9.55 Å². The quantitative estimate of drug-likeness (QED) is 0.632. The average molecular weight is 349 g/mol. The highest BCUT2D eigenvalue weighted by molar-refractivity contribution is 6.01. The maximum Gasteiger partial charge on any atom is 0.352 e. The molecule has 1 aromatic carbocycles. The number of Topliss-reactive ketones (excluding diaryl/α,β-unsaturated/α-hetero) is 1. The van der Waals surface area contributed by atoms with Gasteiger partial charge in [-0.25, -0.2) is 9.18 Å². The van der Waals surface area contributed by atoms with Crippen molar-refractivity contribution in [2.75, 3.05) is 12.3 Å². The van der Waals surface area contributed by atoms with Crippen LogP contribution in [0.15, 0.2) is 47.4 Å². The number of anilines is 1. The van der Waals surface area contributed by atoms with Gasteiger partial charge >= 0.3 is 5.69 Å². The van der Waals surface area contributed by atoms with Crippen LogP contribution in [0.2, 0.25) is 0 Å². The van der Waals surface area contributed by atoms with Gasteiger partial charge in [0.15, 0.2) is 6.17 Å². The molecule has 9 heteroatoms. The number of benzene rings is 1. The van der Waals surface area contributed by atoms with Crippen LogP contribution in [0.5, 0.6) is 0 Å². The summed E-state index contributed by atoms with van der Waals surface area (Å²) in [4.78, 5) is 28.8. The molecule has 4 N–H and O–H groups in total.